The topological polar surface area (TPSA) is 54.9 Å². The number of nitrogens with zero attached hydrogens (tertiary/aromatic N) is 2. The number of benzene rings is 1. The largest absolute Gasteiger partial charge is 0.355 e. The summed E-state index contributed by atoms with van der Waals surface area (Å²) in [4.78, 5) is 20.8. The van der Waals surface area contributed by atoms with Gasteiger partial charge in [-0.1, -0.05) is 24.3 Å². The van der Waals surface area contributed by atoms with Crippen LogP contribution < -0.4 is 5.32 Å². The SMILES string of the molecule is O=C(Cc1csc(CCc2ccccn2)n1)NCCc1ccccc1F. The Bertz CT molecular complexity index is 851. The summed E-state index contributed by atoms with van der Waals surface area (Å²) in [6.07, 6.45) is 4.16. The van der Waals surface area contributed by atoms with E-state index in [1.807, 2.05) is 23.6 Å². The van der Waals surface area contributed by atoms with Crippen molar-refractivity contribution in [3.05, 3.63) is 81.8 Å². The fourth-order valence-corrected chi connectivity index (χ4v) is 3.39. The molecule has 2 heterocycles. The van der Waals surface area contributed by atoms with E-state index in [0.29, 0.717) is 18.5 Å². The number of thiazole rings is 1. The van der Waals surface area contributed by atoms with Crippen LogP contribution in [0.5, 0.6) is 0 Å². The number of aryl methyl sites for hydroxylation is 2. The molecule has 1 amide bonds. The second-order valence-corrected chi connectivity index (χ2v) is 6.86. The van der Waals surface area contributed by atoms with Gasteiger partial charge in [0, 0.05) is 30.2 Å². The van der Waals surface area contributed by atoms with Crippen molar-refractivity contribution in [2.45, 2.75) is 25.7 Å². The molecule has 0 spiro atoms. The second kappa shape index (κ2) is 9.20. The summed E-state index contributed by atoms with van der Waals surface area (Å²) in [5.41, 5.74) is 2.42. The normalized spacial score (nSPS) is 10.7. The summed E-state index contributed by atoms with van der Waals surface area (Å²) in [7, 11) is 0. The van der Waals surface area contributed by atoms with Crippen LogP contribution in [0, 0.1) is 5.82 Å². The molecule has 134 valence electrons. The fourth-order valence-electron chi connectivity index (χ4n) is 2.59. The third-order valence-electron chi connectivity index (χ3n) is 3.94. The molecule has 4 nitrogen and oxygen atoms in total. The Hall–Kier alpha value is -2.60. The van der Waals surface area contributed by atoms with Crippen molar-refractivity contribution >= 4 is 17.2 Å². The van der Waals surface area contributed by atoms with Crippen LogP contribution in [0.25, 0.3) is 0 Å². The van der Waals surface area contributed by atoms with Gasteiger partial charge in [0.2, 0.25) is 5.91 Å². The van der Waals surface area contributed by atoms with Gasteiger partial charge in [0.1, 0.15) is 5.82 Å². The Morgan fingerprint density at radius 3 is 2.69 bits per heavy atom. The van der Waals surface area contributed by atoms with Crippen LogP contribution >= 0.6 is 11.3 Å². The molecule has 0 radical (unpaired) electrons. The lowest BCUT2D eigenvalue weighted by Gasteiger charge is -2.05. The van der Waals surface area contributed by atoms with Crippen LogP contribution in [0.1, 0.15) is 22.0 Å². The first-order chi connectivity index (χ1) is 12.7. The zero-order valence-electron chi connectivity index (χ0n) is 14.3. The number of rotatable bonds is 8. The molecular formula is C20H20FN3OS. The summed E-state index contributed by atoms with van der Waals surface area (Å²) in [5.74, 6) is -0.332. The Kier molecular flexibility index (Phi) is 6.44. The summed E-state index contributed by atoms with van der Waals surface area (Å²) < 4.78 is 13.5. The van der Waals surface area contributed by atoms with Crippen LogP contribution in [0.3, 0.4) is 0 Å². The number of hydrogen-bond acceptors (Lipinski definition) is 4. The van der Waals surface area contributed by atoms with Gasteiger partial charge in [0.25, 0.3) is 0 Å². The van der Waals surface area contributed by atoms with Gasteiger partial charge < -0.3 is 5.32 Å². The number of amides is 1. The standard InChI is InChI=1S/C20H20FN3OS/c21-18-7-2-1-5-15(18)10-12-23-19(25)13-17-14-26-20(24-17)9-8-16-6-3-4-11-22-16/h1-7,11,14H,8-10,12-13H2,(H,23,25). The van der Waals surface area contributed by atoms with Gasteiger partial charge in [-0.2, -0.15) is 0 Å². The van der Waals surface area contributed by atoms with Gasteiger partial charge in [-0.05, 0) is 36.6 Å². The van der Waals surface area contributed by atoms with Crippen molar-refractivity contribution in [2.75, 3.05) is 6.54 Å². The fraction of sp³-hybridized carbons (Fsp3) is 0.250. The van der Waals surface area contributed by atoms with Crippen molar-refractivity contribution in [1.29, 1.82) is 0 Å². The smallest absolute Gasteiger partial charge is 0.226 e. The Morgan fingerprint density at radius 1 is 1.04 bits per heavy atom. The molecular weight excluding hydrogens is 349 g/mol. The molecule has 6 heteroatoms. The van der Waals surface area contributed by atoms with Gasteiger partial charge in [-0.25, -0.2) is 9.37 Å². The van der Waals surface area contributed by atoms with Crippen molar-refractivity contribution in [1.82, 2.24) is 15.3 Å². The molecule has 0 aliphatic heterocycles. The third-order valence-corrected chi connectivity index (χ3v) is 4.89. The average molecular weight is 369 g/mol. The first-order valence-electron chi connectivity index (χ1n) is 8.54. The molecule has 0 fully saturated rings. The summed E-state index contributed by atoms with van der Waals surface area (Å²) in [5, 5.41) is 5.75. The predicted molar refractivity (Wildman–Crippen MR) is 101 cm³/mol. The molecule has 0 saturated heterocycles. The first kappa shape index (κ1) is 18.2. The molecule has 0 atom stereocenters. The number of halogens is 1. The average Bonchev–Trinajstić information content (AvgIpc) is 3.10. The Labute approximate surface area is 156 Å². The number of hydrogen-bond donors (Lipinski definition) is 1. The number of aromatic nitrogens is 2. The highest BCUT2D eigenvalue weighted by atomic mass is 32.1. The molecule has 3 rings (SSSR count). The van der Waals surface area contributed by atoms with Gasteiger partial charge >= 0.3 is 0 Å². The lowest BCUT2D eigenvalue weighted by atomic mass is 10.1. The van der Waals surface area contributed by atoms with Gasteiger partial charge in [-0.3, -0.25) is 9.78 Å². The van der Waals surface area contributed by atoms with Crippen LogP contribution in [-0.2, 0) is 30.5 Å². The molecule has 1 N–H and O–H groups in total. The van der Waals surface area contributed by atoms with E-state index in [4.69, 9.17) is 0 Å². The van der Waals surface area contributed by atoms with Crippen molar-refractivity contribution in [3.8, 4) is 0 Å². The van der Waals surface area contributed by atoms with E-state index < -0.39 is 0 Å². The highest BCUT2D eigenvalue weighted by Gasteiger charge is 2.08. The lowest BCUT2D eigenvalue weighted by Crippen LogP contribution is -2.27. The maximum atomic E-state index is 13.5. The zero-order chi connectivity index (χ0) is 18.2. The molecule has 0 aliphatic carbocycles. The minimum atomic E-state index is -0.237. The molecule has 2 aromatic heterocycles. The highest BCUT2D eigenvalue weighted by molar-refractivity contribution is 7.09. The zero-order valence-corrected chi connectivity index (χ0v) is 15.1. The van der Waals surface area contributed by atoms with Crippen molar-refractivity contribution in [2.24, 2.45) is 0 Å². The maximum Gasteiger partial charge on any atom is 0.226 e. The van der Waals surface area contributed by atoms with E-state index in [1.165, 1.54) is 6.07 Å². The van der Waals surface area contributed by atoms with E-state index >= 15 is 0 Å². The summed E-state index contributed by atoms with van der Waals surface area (Å²) in [6.45, 7) is 0.413. The van der Waals surface area contributed by atoms with Crippen LogP contribution in [0.4, 0.5) is 4.39 Å². The van der Waals surface area contributed by atoms with Crippen LogP contribution in [0.2, 0.25) is 0 Å². The van der Waals surface area contributed by atoms with Crippen molar-refractivity contribution < 1.29 is 9.18 Å². The van der Waals surface area contributed by atoms with E-state index in [-0.39, 0.29) is 18.1 Å². The third kappa shape index (κ3) is 5.46. The summed E-state index contributed by atoms with van der Waals surface area (Å²) in [6, 6.07) is 12.5. The molecule has 1 aromatic carbocycles. The Balaban J connectivity index is 1.42. The van der Waals surface area contributed by atoms with Crippen LogP contribution in [0.15, 0.2) is 54.0 Å². The molecule has 0 bridgehead atoms. The highest BCUT2D eigenvalue weighted by Crippen LogP contribution is 2.13. The number of carbonyl (C=O) groups excluding carboxylic acids is 1. The molecule has 0 saturated carbocycles. The Morgan fingerprint density at radius 2 is 1.88 bits per heavy atom. The van der Waals surface area contributed by atoms with Gasteiger partial charge in [0.15, 0.2) is 0 Å². The van der Waals surface area contributed by atoms with Crippen LogP contribution in [-0.4, -0.2) is 22.4 Å². The quantitative estimate of drug-likeness (QED) is 0.662. The molecule has 3 aromatic rings. The number of pyridine rings is 1. The van der Waals surface area contributed by atoms with E-state index in [9.17, 15) is 9.18 Å². The predicted octanol–water partition coefficient (Wildman–Crippen LogP) is 3.36. The van der Waals surface area contributed by atoms with Gasteiger partial charge in [-0.15, -0.1) is 11.3 Å². The first-order valence-corrected chi connectivity index (χ1v) is 9.42. The monoisotopic (exact) mass is 369 g/mol. The van der Waals surface area contributed by atoms with E-state index in [1.54, 1.807) is 35.7 Å². The maximum absolute atomic E-state index is 13.5. The summed E-state index contributed by atoms with van der Waals surface area (Å²) >= 11 is 1.56. The molecule has 26 heavy (non-hydrogen) atoms. The lowest BCUT2D eigenvalue weighted by molar-refractivity contribution is -0.120. The number of nitrogens with one attached hydrogen (secondary N) is 1. The van der Waals surface area contributed by atoms with E-state index in [2.05, 4.69) is 15.3 Å². The van der Waals surface area contributed by atoms with Crippen molar-refractivity contribution in [3.63, 3.8) is 0 Å². The minimum Gasteiger partial charge on any atom is -0.355 e. The minimum absolute atomic E-state index is 0.0945. The molecule has 0 aliphatic rings. The second-order valence-electron chi connectivity index (χ2n) is 5.92. The van der Waals surface area contributed by atoms with Gasteiger partial charge in [0.05, 0.1) is 17.1 Å². The van der Waals surface area contributed by atoms with E-state index in [0.717, 1.165) is 29.2 Å². The number of carbonyl (C=O) groups is 1. The molecule has 0 unspecified atom stereocenters.